The van der Waals surface area contributed by atoms with Gasteiger partial charge in [-0.1, -0.05) is 100 Å². The van der Waals surface area contributed by atoms with E-state index in [-0.39, 0.29) is 48.8 Å². The van der Waals surface area contributed by atoms with Gasteiger partial charge in [0.1, 0.15) is 19.0 Å². The van der Waals surface area contributed by atoms with Gasteiger partial charge in [0.15, 0.2) is 6.79 Å². The Hall–Kier alpha value is -3.83. The van der Waals surface area contributed by atoms with E-state index in [1.807, 2.05) is 74.5 Å². The van der Waals surface area contributed by atoms with Crippen molar-refractivity contribution in [3.05, 3.63) is 94.6 Å². The average Bonchev–Trinajstić information content (AvgIpc) is 3.48. The Morgan fingerprint density at radius 3 is 2.02 bits per heavy atom. The molecule has 4 saturated carbocycles. The monoisotopic (exact) mass is 814 g/mol. The van der Waals surface area contributed by atoms with E-state index in [4.69, 9.17) is 28.4 Å². The van der Waals surface area contributed by atoms with Crippen molar-refractivity contribution in [2.75, 3.05) is 13.6 Å². The second kappa shape index (κ2) is 18.8. The number of hydrogen-bond acceptors (Lipinski definition) is 10. The summed E-state index contributed by atoms with van der Waals surface area (Å²) >= 11 is 0. The molecule has 0 saturated heterocycles. The van der Waals surface area contributed by atoms with Crippen LogP contribution in [0.4, 0.5) is 0 Å². The normalized spacial score (nSPS) is 34.4. The molecule has 11 atom stereocenters. The van der Waals surface area contributed by atoms with Gasteiger partial charge in [0.25, 0.3) is 0 Å². The molecule has 59 heavy (non-hydrogen) atoms. The maximum Gasteiger partial charge on any atom is 0.336 e. The zero-order chi connectivity index (χ0) is 42.5. The minimum absolute atomic E-state index is 0.0329. The number of aliphatic hydroxyl groups excluding tert-OH is 1. The first-order chi connectivity index (χ1) is 28.1. The van der Waals surface area contributed by atoms with E-state index >= 15 is 0 Å². The Morgan fingerprint density at radius 1 is 0.814 bits per heavy atom. The first-order valence-electron chi connectivity index (χ1n) is 21.5. The highest BCUT2D eigenvalue weighted by atomic mass is 16.7. The largest absolute Gasteiger partial charge is 0.459 e. The summed E-state index contributed by atoms with van der Waals surface area (Å²) in [4.78, 5) is 40.1. The lowest BCUT2D eigenvalue weighted by atomic mass is 9.35. The first-order valence-corrected chi connectivity index (χ1v) is 21.5. The third-order valence-corrected chi connectivity index (χ3v) is 14.8. The maximum atomic E-state index is 14.3. The van der Waals surface area contributed by atoms with Crippen LogP contribution in [0.5, 0.6) is 0 Å². The Labute approximate surface area is 351 Å². The van der Waals surface area contributed by atoms with Crippen LogP contribution in [0.2, 0.25) is 0 Å². The third-order valence-electron chi connectivity index (χ3n) is 14.8. The molecular formula is C49H66O10. The molecule has 1 N–H and O–H groups in total. The predicted octanol–water partition coefficient (Wildman–Crippen LogP) is 9.04. The van der Waals surface area contributed by atoms with Gasteiger partial charge in [-0.2, -0.15) is 0 Å². The number of allylic oxidation sites excluding steroid dienone is 2. The second-order valence-corrected chi connectivity index (χ2v) is 18.4. The highest BCUT2D eigenvalue weighted by Gasteiger charge is 2.74. The van der Waals surface area contributed by atoms with Gasteiger partial charge in [0.2, 0.25) is 0 Å². The van der Waals surface area contributed by atoms with Gasteiger partial charge in [0.05, 0.1) is 25.4 Å². The number of carbonyl (C=O) groups excluding carboxylic acids is 3. The molecule has 0 bridgehead atoms. The van der Waals surface area contributed by atoms with Crippen molar-refractivity contribution in [3.63, 3.8) is 0 Å². The SMILES string of the molecule is CC(=O)OC1CC2(C)C(CCC3C4(C)CCC(OCOCc5ccccc5)C(C)C4C(OC(C)=O)C(O)C32C)C1=C(CCC=C(C)C)C(=O)OCOCc1ccccc1. The van der Waals surface area contributed by atoms with Crippen LogP contribution in [-0.2, 0) is 56.0 Å². The molecule has 11 unspecified atom stereocenters. The number of benzene rings is 2. The van der Waals surface area contributed by atoms with Gasteiger partial charge in [-0.15, -0.1) is 0 Å². The molecule has 322 valence electrons. The molecule has 10 nitrogen and oxygen atoms in total. The van der Waals surface area contributed by atoms with Crippen molar-refractivity contribution in [1.82, 2.24) is 0 Å². The second-order valence-electron chi connectivity index (χ2n) is 18.4. The zero-order valence-electron chi connectivity index (χ0n) is 36.4. The van der Waals surface area contributed by atoms with Gasteiger partial charge < -0.3 is 33.5 Å². The molecule has 4 fully saturated rings. The molecule has 0 heterocycles. The zero-order valence-corrected chi connectivity index (χ0v) is 36.4. The standard InChI is InChI=1S/C49H66O10/c1-31(2)16-15-21-37(46(53)57-30-55-28-36-19-13-10-14-20-36)42-38-22-23-41-47(6)25-24-39(56-29-54-27-35-17-11-9-12-18-35)32(3)43(47)44(59-34(5)51)45(52)49(41,8)48(38,7)26-40(42)58-33(4)50/h9-14,16-20,32,38-41,43-45,52H,15,21-30H2,1-8H3. The van der Waals surface area contributed by atoms with Crippen LogP contribution in [0.3, 0.4) is 0 Å². The molecule has 2 aromatic rings. The summed E-state index contributed by atoms with van der Waals surface area (Å²) in [6, 6.07) is 19.7. The van der Waals surface area contributed by atoms with Gasteiger partial charge in [-0.05, 0) is 104 Å². The number of fused-ring (bicyclic) bond motifs is 5. The highest BCUT2D eigenvalue weighted by molar-refractivity contribution is 5.90. The van der Waals surface area contributed by atoms with Gasteiger partial charge in [-0.25, -0.2) is 4.79 Å². The van der Waals surface area contributed by atoms with Crippen LogP contribution in [0.15, 0.2) is 83.5 Å². The summed E-state index contributed by atoms with van der Waals surface area (Å²) in [7, 11) is 0. The van der Waals surface area contributed by atoms with Crippen molar-refractivity contribution in [1.29, 1.82) is 0 Å². The molecular weight excluding hydrogens is 749 g/mol. The van der Waals surface area contributed by atoms with Gasteiger partial charge in [-0.3, -0.25) is 9.59 Å². The molecule has 2 aromatic carbocycles. The van der Waals surface area contributed by atoms with Crippen LogP contribution in [0.1, 0.15) is 111 Å². The summed E-state index contributed by atoms with van der Waals surface area (Å²) in [6.07, 6.45) is 3.96. The third kappa shape index (κ3) is 9.12. The van der Waals surface area contributed by atoms with Crippen LogP contribution in [-0.4, -0.2) is 61.0 Å². The maximum absolute atomic E-state index is 14.3. The van der Waals surface area contributed by atoms with E-state index in [1.165, 1.54) is 13.8 Å². The van der Waals surface area contributed by atoms with Crippen molar-refractivity contribution < 1.29 is 47.9 Å². The van der Waals surface area contributed by atoms with Gasteiger partial charge in [0, 0.05) is 30.8 Å². The number of rotatable bonds is 15. The van der Waals surface area contributed by atoms with Crippen molar-refractivity contribution in [2.45, 2.75) is 138 Å². The van der Waals surface area contributed by atoms with E-state index in [2.05, 4.69) is 33.8 Å². The predicted molar refractivity (Wildman–Crippen MR) is 223 cm³/mol. The summed E-state index contributed by atoms with van der Waals surface area (Å²) in [5.41, 5.74) is 2.69. The number of ether oxygens (including phenoxy) is 6. The lowest BCUT2D eigenvalue weighted by Gasteiger charge is -2.70. The van der Waals surface area contributed by atoms with E-state index < -0.39 is 47.0 Å². The quantitative estimate of drug-likeness (QED) is 0.0465. The van der Waals surface area contributed by atoms with E-state index in [0.717, 1.165) is 48.0 Å². The fraction of sp³-hybridized carbons (Fsp3) is 0.612. The Balaban J connectivity index is 1.32. The molecule has 0 aromatic heterocycles. The van der Waals surface area contributed by atoms with E-state index in [1.54, 1.807) is 0 Å². The summed E-state index contributed by atoms with van der Waals surface area (Å²) < 4.78 is 36.4. The number of esters is 3. The average molecular weight is 815 g/mol. The van der Waals surface area contributed by atoms with E-state index in [9.17, 15) is 19.5 Å². The molecule has 4 aliphatic carbocycles. The molecule has 6 rings (SSSR count). The molecule has 4 aliphatic rings. The lowest BCUT2D eigenvalue weighted by Crippen LogP contribution is -2.72. The Kier molecular flexibility index (Phi) is 14.3. The summed E-state index contributed by atoms with van der Waals surface area (Å²) in [5.74, 6) is -1.77. The van der Waals surface area contributed by atoms with Crippen molar-refractivity contribution in [2.24, 2.45) is 39.9 Å². The highest BCUT2D eigenvalue weighted by Crippen LogP contribution is 2.75. The molecule has 10 heteroatoms. The van der Waals surface area contributed by atoms with Crippen LogP contribution in [0.25, 0.3) is 0 Å². The molecule has 0 spiro atoms. The molecule has 0 radical (unpaired) electrons. The first kappa shape index (κ1) is 44.7. The topological polar surface area (TPSA) is 127 Å². The fourth-order valence-corrected chi connectivity index (χ4v) is 12.1. The van der Waals surface area contributed by atoms with E-state index in [0.29, 0.717) is 38.0 Å². The Bertz CT molecular complexity index is 1840. The number of hydrogen-bond donors (Lipinski definition) is 1. The minimum Gasteiger partial charge on any atom is -0.459 e. The smallest absolute Gasteiger partial charge is 0.336 e. The molecule has 0 aliphatic heterocycles. The fourth-order valence-electron chi connectivity index (χ4n) is 12.1. The van der Waals surface area contributed by atoms with Crippen LogP contribution in [0, 0.1) is 39.9 Å². The van der Waals surface area contributed by atoms with Gasteiger partial charge >= 0.3 is 17.9 Å². The minimum atomic E-state index is -1.04. The van der Waals surface area contributed by atoms with Crippen LogP contribution >= 0.6 is 0 Å². The number of carbonyl (C=O) groups is 3. The summed E-state index contributed by atoms with van der Waals surface area (Å²) in [6.45, 7) is 16.3. The van der Waals surface area contributed by atoms with Crippen LogP contribution < -0.4 is 0 Å². The lowest BCUT2D eigenvalue weighted by molar-refractivity contribution is -0.292. The number of aliphatic hydroxyl groups is 1. The van der Waals surface area contributed by atoms with Crippen molar-refractivity contribution in [3.8, 4) is 0 Å². The van der Waals surface area contributed by atoms with Crippen molar-refractivity contribution >= 4 is 17.9 Å². The Morgan fingerprint density at radius 2 is 1.42 bits per heavy atom. The summed E-state index contributed by atoms with van der Waals surface area (Å²) in [5, 5.41) is 12.9. The molecule has 0 amide bonds.